The molecule has 0 saturated carbocycles. The Balaban J connectivity index is 2.10. The molecule has 21 heavy (non-hydrogen) atoms. The standard InChI is InChI=1S/C16H19NO3S/c1-20-14-7-6-11-4-2-3-5-13(11)15(14)16(17)12-8-9-21(18,19)10-12/h2-7,12,16H,8-10,17H2,1H3. The van der Waals surface area contributed by atoms with E-state index in [1.807, 2.05) is 36.4 Å². The Hall–Kier alpha value is -1.59. The highest BCUT2D eigenvalue weighted by Gasteiger charge is 2.34. The number of benzene rings is 2. The second-order valence-electron chi connectivity index (χ2n) is 5.59. The minimum atomic E-state index is -2.94. The van der Waals surface area contributed by atoms with Crippen LogP contribution in [0.3, 0.4) is 0 Å². The predicted octanol–water partition coefficient (Wildman–Crippen LogP) is 2.28. The maximum absolute atomic E-state index is 11.7. The van der Waals surface area contributed by atoms with E-state index < -0.39 is 9.84 Å². The molecular weight excluding hydrogens is 286 g/mol. The van der Waals surface area contributed by atoms with Crippen LogP contribution in [0.5, 0.6) is 5.75 Å². The van der Waals surface area contributed by atoms with Gasteiger partial charge in [-0.25, -0.2) is 8.42 Å². The fourth-order valence-electron chi connectivity index (χ4n) is 3.14. The van der Waals surface area contributed by atoms with Crippen LogP contribution >= 0.6 is 0 Å². The zero-order valence-electron chi connectivity index (χ0n) is 12.0. The van der Waals surface area contributed by atoms with Gasteiger partial charge in [0.1, 0.15) is 5.75 Å². The number of sulfone groups is 1. The molecule has 0 radical (unpaired) electrons. The molecule has 5 heteroatoms. The van der Waals surface area contributed by atoms with Crippen LogP contribution in [-0.4, -0.2) is 27.0 Å². The molecule has 2 aromatic carbocycles. The van der Waals surface area contributed by atoms with Gasteiger partial charge in [0.15, 0.2) is 9.84 Å². The van der Waals surface area contributed by atoms with E-state index in [0.717, 1.165) is 22.1 Å². The third-order valence-corrected chi connectivity index (χ3v) is 6.05. The SMILES string of the molecule is COc1ccc2ccccc2c1C(N)C1CCS(=O)(=O)C1. The van der Waals surface area contributed by atoms with E-state index in [-0.39, 0.29) is 23.5 Å². The highest BCUT2D eigenvalue weighted by molar-refractivity contribution is 7.91. The number of methoxy groups -OCH3 is 1. The van der Waals surface area contributed by atoms with Crippen molar-refractivity contribution in [1.29, 1.82) is 0 Å². The first-order valence-electron chi connectivity index (χ1n) is 7.03. The number of ether oxygens (including phenoxy) is 1. The van der Waals surface area contributed by atoms with Gasteiger partial charge in [-0.05, 0) is 29.2 Å². The average molecular weight is 305 g/mol. The molecule has 112 valence electrons. The van der Waals surface area contributed by atoms with E-state index >= 15 is 0 Å². The number of hydrogen-bond acceptors (Lipinski definition) is 4. The van der Waals surface area contributed by atoms with Crippen LogP contribution in [0.25, 0.3) is 10.8 Å². The van der Waals surface area contributed by atoms with Gasteiger partial charge in [-0.3, -0.25) is 0 Å². The molecule has 4 nitrogen and oxygen atoms in total. The minimum absolute atomic E-state index is 0.0466. The summed E-state index contributed by atoms with van der Waals surface area (Å²) in [6.07, 6.45) is 0.621. The summed E-state index contributed by atoms with van der Waals surface area (Å²) in [4.78, 5) is 0. The molecule has 3 rings (SSSR count). The topological polar surface area (TPSA) is 69.4 Å². The second kappa shape index (κ2) is 5.31. The van der Waals surface area contributed by atoms with Crippen LogP contribution in [0.2, 0.25) is 0 Å². The maximum Gasteiger partial charge on any atom is 0.150 e. The fraction of sp³-hybridized carbons (Fsp3) is 0.375. The van der Waals surface area contributed by atoms with E-state index in [4.69, 9.17) is 10.5 Å². The predicted molar refractivity (Wildman–Crippen MR) is 84.2 cm³/mol. The van der Waals surface area contributed by atoms with Crippen LogP contribution in [0.15, 0.2) is 36.4 Å². The number of hydrogen-bond donors (Lipinski definition) is 1. The van der Waals surface area contributed by atoms with Gasteiger partial charge in [-0.15, -0.1) is 0 Å². The van der Waals surface area contributed by atoms with Gasteiger partial charge in [0.2, 0.25) is 0 Å². The van der Waals surface area contributed by atoms with Gasteiger partial charge in [0.25, 0.3) is 0 Å². The zero-order valence-corrected chi connectivity index (χ0v) is 12.8. The van der Waals surface area contributed by atoms with Crippen LogP contribution in [0, 0.1) is 5.92 Å². The van der Waals surface area contributed by atoms with Gasteiger partial charge in [0.05, 0.1) is 18.6 Å². The summed E-state index contributed by atoms with van der Waals surface area (Å²) < 4.78 is 28.9. The van der Waals surface area contributed by atoms with Gasteiger partial charge >= 0.3 is 0 Å². The van der Waals surface area contributed by atoms with E-state index in [1.165, 1.54) is 0 Å². The van der Waals surface area contributed by atoms with E-state index in [2.05, 4.69) is 0 Å². The lowest BCUT2D eigenvalue weighted by Crippen LogP contribution is -2.23. The Labute approximate surface area is 124 Å². The summed E-state index contributed by atoms with van der Waals surface area (Å²) in [7, 11) is -1.33. The number of nitrogens with two attached hydrogens (primary N) is 1. The first-order chi connectivity index (χ1) is 10.0. The molecule has 0 aliphatic carbocycles. The molecule has 0 bridgehead atoms. The monoisotopic (exact) mass is 305 g/mol. The molecule has 2 N–H and O–H groups in total. The summed E-state index contributed by atoms with van der Waals surface area (Å²) in [6.45, 7) is 0. The highest BCUT2D eigenvalue weighted by Crippen LogP contribution is 2.38. The second-order valence-corrected chi connectivity index (χ2v) is 7.82. The molecule has 1 aliphatic heterocycles. The van der Waals surface area contributed by atoms with Crippen molar-refractivity contribution in [3.05, 3.63) is 42.0 Å². The Bertz CT molecular complexity index is 770. The third-order valence-electron chi connectivity index (χ3n) is 4.26. The molecule has 2 aromatic rings. The quantitative estimate of drug-likeness (QED) is 0.944. The largest absolute Gasteiger partial charge is 0.496 e. The Morgan fingerprint density at radius 2 is 2.00 bits per heavy atom. The number of rotatable bonds is 3. The molecule has 0 amide bonds. The van der Waals surface area contributed by atoms with Crippen molar-refractivity contribution in [3.8, 4) is 5.75 Å². The summed E-state index contributed by atoms with van der Waals surface area (Å²) in [5, 5.41) is 2.12. The molecular formula is C16H19NO3S. The van der Waals surface area contributed by atoms with Crippen LogP contribution in [-0.2, 0) is 9.84 Å². The summed E-state index contributed by atoms with van der Waals surface area (Å²) in [5.74, 6) is 1.08. The summed E-state index contributed by atoms with van der Waals surface area (Å²) >= 11 is 0. The van der Waals surface area contributed by atoms with Crippen LogP contribution < -0.4 is 10.5 Å². The molecule has 2 unspecified atom stereocenters. The zero-order chi connectivity index (χ0) is 15.0. The van der Waals surface area contributed by atoms with Gasteiger partial charge < -0.3 is 10.5 Å². The fourth-order valence-corrected chi connectivity index (χ4v) is 4.99. The lowest BCUT2D eigenvalue weighted by atomic mass is 9.89. The summed E-state index contributed by atoms with van der Waals surface area (Å²) in [6, 6.07) is 11.5. The number of fused-ring (bicyclic) bond motifs is 1. The first kappa shape index (κ1) is 14.4. The molecule has 1 fully saturated rings. The van der Waals surface area contributed by atoms with E-state index in [9.17, 15) is 8.42 Å². The summed E-state index contributed by atoms with van der Waals surface area (Å²) in [5.41, 5.74) is 7.33. The Kier molecular flexibility index (Phi) is 3.63. The smallest absolute Gasteiger partial charge is 0.150 e. The molecule has 0 aromatic heterocycles. The van der Waals surface area contributed by atoms with E-state index in [1.54, 1.807) is 7.11 Å². The minimum Gasteiger partial charge on any atom is -0.496 e. The lowest BCUT2D eigenvalue weighted by molar-refractivity contribution is 0.394. The normalized spacial score (nSPS) is 22.3. The van der Waals surface area contributed by atoms with Crippen molar-refractivity contribution < 1.29 is 13.2 Å². The average Bonchev–Trinajstić information content (AvgIpc) is 2.85. The third kappa shape index (κ3) is 2.63. The Morgan fingerprint density at radius 1 is 1.24 bits per heavy atom. The molecule has 1 heterocycles. The molecule has 0 spiro atoms. The molecule has 1 aliphatic rings. The van der Waals surface area contributed by atoms with Gasteiger partial charge in [-0.2, -0.15) is 0 Å². The van der Waals surface area contributed by atoms with Crippen molar-refractivity contribution in [1.82, 2.24) is 0 Å². The highest BCUT2D eigenvalue weighted by atomic mass is 32.2. The molecule has 2 atom stereocenters. The maximum atomic E-state index is 11.7. The van der Waals surface area contributed by atoms with Crippen LogP contribution in [0.1, 0.15) is 18.0 Å². The van der Waals surface area contributed by atoms with E-state index in [0.29, 0.717) is 6.42 Å². The van der Waals surface area contributed by atoms with Crippen LogP contribution in [0.4, 0.5) is 0 Å². The Morgan fingerprint density at radius 3 is 2.67 bits per heavy atom. The van der Waals surface area contributed by atoms with Gasteiger partial charge in [0, 0.05) is 11.6 Å². The van der Waals surface area contributed by atoms with Crippen molar-refractivity contribution in [2.75, 3.05) is 18.6 Å². The van der Waals surface area contributed by atoms with Crippen molar-refractivity contribution in [2.24, 2.45) is 11.7 Å². The van der Waals surface area contributed by atoms with Crippen molar-refractivity contribution in [3.63, 3.8) is 0 Å². The van der Waals surface area contributed by atoms with Crippen molar-refractivity contribution >= 4 is 20.6 Å². The van der Waals surface area contributed by atoms with Gasteiger partial charge in [-0.1, -0.05) is 30.3 Å². The van der Waals surface area contributed by atoms with Crippen molar-refractivity contribution in [2.45, 2.75) is 12.5 Å². The first-order valence-corrected chi connectivity index (χ1v) is 8.85. The lowest BCUT2D eigenvalue weighted by Gasteiger charge is -2.22. The molecule has 1 saturated heterocycles.